The fourth-order valence-electron chi connectivity index (χ4n) is 1.76. The largest absolute Gasteiger partial charge is 0.338 e. The van der Waals surface area contributed by atoms with Crippen LogP contribution in [-0.4, -0.2) is 10.9 Å². The number of benzene rings is 1. The van der Waals surface area contributed by atoms with Gasteiger partial charge in [-0.2, -0.15) is 0 Å². The lowest BCUT2D eigenvalue weighted by molar-refractivity contribution is 0.111. The zero-order valence-electron chi connectivity index (χ0n) is 8.93. The highest BCUT2D eigenvalue weighted by Crippen LogP contribution is 2.21. The number of carbonyl (C=O) groups excluding carboxylic acids is 1. The highest BCUT2D eigenvalue weighted by atomic mass is 79.9. The zero-order chi connectivity index (χ0) is 11.5. The molecule has 2 aromatic rings. The van der Waals surface area contributed by atoms with E-state index in [0.717, 1.165) is 10.8 Å². The Morgan fingerprint density at radius 2 is 1.94 bits per heavy atom. The topological polar surface area (TPSA) is 22.0 Å². The van der Waals surface area contributed by atoms with Crippen LogP contribution in [0.2, 0.25) is 0 Å². The van der Waals surface area contributed by atoms with Crippen molar-refractivity contribution in [3.63, 3.8) is 0 Å². The van der Waals surface area contributed by atoms with Crippen LogP contribution in [0.5, 0.6) is 0 Å². The molecule has 0 N–H and O–H groups in total. The Bertz CT molecular complexity index is 487. The molecule has 82 valence electrons. The van der Waals surface area contributed by atoms with Gasteiger partial charge in [0, 0.05) is 10.7 Å². The summed E-state index contributed by atoms with van der Waals surface area (Å²) >= 11 is 3.41. The Balaban J connectivity index is 2.35. The van der Waals surface area contributed by atoms with E-state index in [4.69, 9.17) is 0 Å². The molecule has 3 heteroatoms. The number of hydrogen-bond donors (Lipinski definition) is 0. The number of carbonyl (C=O) groups is 1. The smallest absolute Gasteiger partial charge is 0.166 e. The molecule has 0 amide bonds. The Morgan fingerprint density at radius 1 is 1.25 bits per heavy atom. The van der Waals surface area contributed by atoms with Gasteiger partial charge in [0.25, 0.3) is 0 Å². The van der Waals surface area contributed by atoms with Crippen molar-refractivity contribution in [1.29, 1.82) is 0 Å². The van der Waals surface area contributed by atoms with E-state index in [1.54, 1.807) is 0 Å². The molecule has 0 aliphatic heterocycles. The third-order valence-electron chi connectivity index (χ3n) is 2.70. The summed E-state index contributed by atoms with van der Waals surface area (Å²) in [4.78, 5) is 10.8. The summed E-state index contributed by atoms with van der Waals surface area (Å²) in [6, 6.07) is 12.0. The maximum atomic E-state index is 10.8. The number of halogens is 1. The average Bonchev–Trinajstić information content (AvgIpc) is 2.77. The van der Waals surface area contributed by atoms with Gasteiger partial charge < -0.3 is 4.57 Å². The lowest BCUT2D eigenvalue weighted by atomic mass is 10.1. The molecule has 0 spiro atoms. The Morgan fingerprint density at radius 3 is 2.56 bits per heavy atom. The van der Waals surface area contributed by atoms with Gasteiger partial charge >= 0.3 is 0 Å². The van der Waals surface area contributed by atoms with Crippen molar-refractivity contribution < 1.29 is 4.79 Å². The van der Waals surface area contributed by atoms with E-state index >= 15 is 0 Å². The summed E-state index contributed by atoms with van der Waals surface area (Å²) in [5, 5.41) is 0. The van der Waals surface area contributed by atoms with E-state index in [1.165, 1.54) is 5.56 Å². The molecule has 0 saturated heterocycles. The standard InChI is InChI=1S/C13H12BrNO/c1-10(11-4-6-12(14)7-5-11)15-8-2-3-13(15)9-16/h2-10H,1H3. The first-order valence-electron chi connectivity index (χ1n) is 5.10. The van der Waals surface area contributed by atoms with Crippen LogP contribution in [0.15, 0.2) is 47.1 Å². The Hall–Kier alpha value is -1.35. The molecule has 0 saturated carbocycles. The molecule has 0 aliphatic carbocycles. The van der Waals surface area contributed by atoms with Crippen molar-refractivity contribution in [2.75, 3.05) is 0 Å². The summed E-state index contributed by atoms with van der Waals surface area (Å²) in [5.74, 6) is 0. The predicted molar refractivity (Wildman–Crippen MR) is 67.8 cm³/mol. The second-order valence-electron chi connectivity index (χ2n) is 3.69. The minimum absolute atomic E-state index is 0.170. The molecule has 1 aromatic carbocycles. The molecule has 16 heavy (non-hydrogen) atoms. The number of aldehydes is 1. The molecule has 1 unspecified atom stereocenters. The second-order valence-corrected chi connectivity index (χ2v) is 4.60. The molecule has 1 atom stereocenters. The van der Waals surface area contributed by atoms with E-state index in [-0.39, 0.29) is 6.04 Å². The highest BCUT2D eigenvalue weighted by molar-refractivity contribution is 9.10. The minimum Gasteiger partial charge on any atom is -0.338 e. The third kappa shape index (κ3) is 2.09. The molecule has 0 aliphatic rings. The van der Waals surface area contributed by atoms with Crippen LogP contribution in [0.1, 0.15) is 29.0 Å². The van der Waals surface area contributed by atoms with E-state index in [0.29, 0.717) is 5.69 Å². The highest BCUT2D eigenvalue weighted by Gasteiger charge is 2.09. The van der Waals surface area contributed by atoms with Crippen LogP contribution in [0, 0.1) is 0 Å². The summed E-state index contributed by atoms with van der Waals surface area (Å²) in [5.41, 5.74) is 1.89. The molecular formula is C13H12BrNO. The van der Waals surface area contributed by atoms with E-state index < -0.39 is 0 Å². The van der Waals surface area contributed by atoms with Gasteiger partial charge in [-0.1, -0.05) is 28.1 Å². The molecule has 2 rings (SSSR count). The summed E-state index contributed by atoms with van der Waals surface area (Å²) in [7, 11) is 0. The van der Waals surface area contributed by atoms with Gasteiger partial charge in [-0.3, -0.25) is 4.79 Å². The van der Waals surface area contributed by atoms with Gasteiger partial charge in [0.1, 0.15) is 0 Å². The van der Waals surface area contributed by atoms with Gasteiger partial charge in [-0.15, -0.1) is 0 Å². The normalized spacial score (nSPS) is 12.4. The molecule has 1 heterocycles. The molecule has 0 fully saturated rings. The van der Waals surface area contributed by atoms with Gasteiger partial charge in [0.2, 0.25) is 0 Å². The predicted octanol–water partition coefficient (Wildman–Crippen LogP) is 3.67. The first kappa shape index (κ1) is 11.1. The number of nitrogens with zero attached hydrogens (tertiary/aromatic N) is 1. The van der Waals surface area contributed by atoms with Crippen LogP contribution in [0.4, 0.5) is 0 Å². The maximum Gasteiger partial charge on any atom is 0.166 e. The second kappa shape index (κ2) is 4.66. The fourth-order valence-corrected chi connectivity index (χ4v) is 2.03. The van der Waals surface area contributed by atoms with Crippen molar-refractivity contribution >= 4 is 22.2 Å². The van der Waals surface area contributed by atoms with Crippen LogP contribution < -0.4 is 0 Å². The van der Waals surface area contributed by atoms with Crippen LogP contribution >= 0.6 is 15.9 Å². The molecule has 0 radical (unpaired) electrons. The van der Waals surface area contributed by atoms with E-state index in [1.807, 2.05) is 35.0 Å². The molecule has 0 bridgehead atoms. The Labute approximate surface area is 103 Å². The van der Waals surface area contributed by atoms with Gasteiger partial charge in [0.15, 0.2) is 6.29 Å². The summed E-state index contributed by atoms with van der Waals surface area (Å²) in [6.45, 7) is 2.08. The lowest BCUT2D eigenvalue weighted by Gasteiger charge is -2.15. The van der Waals surface area contributed by atoms with Gasteiger partial charge in [-0.05, 0) is 36.8 Å². The number of hydrogen-bond acceptors (Lipinski definition) is 1. The van der Waals surface area contributed by atoms with Crippen molar-refractivity contribution in [3.8, 4) is 0 Å². The zero-order valence-corrected chi connectivity index (χ0v) is 10.5. The fraction of sp³-hybridized carbons (Fsp3) is 0.154. The minimum atomic E-state index is 0.170. The quantitative estimate of drug-likeness (QED) is 0.785. The lowest BCUT2D eigenvalue weighted by Crippen LogP contribution is -2.08. The van der Waals surface area contributed by atoms with Crippen LogP contribution in [0.3, 0.4) is 0 Å². The van der Waals surface area contributed by atoms with Crippen molar-refractivity contribution in [2.24, 2.45) is 0 Å². The van der Waals surface area contributed by atoms with Crippen molar-refractivity contribution in [3.05, 3.63) is 58.3 Å². The summed E-state index contributed by atoms with van der Waals surface area (Å²) in [6.07, 6.45) is 2.81. The first-order valence-corrected chi connectivity index (χ1v) is 5.89. The van der Waals surface area contributed by atoms with E-state index in [9.17, 15) is 4.79 Å². The number of aromatic nitrogens is 1. The molecule has 2 nitrogen and oxygen atoms in total. The van der Waals surface area contributed by atoms with Crippen molar-refractivity contribution in [1.82, 2.24) is 4.57 Å². The molecular weight excluding hydrogens is 266 g/mol. The van der Waals surface area contributed by atoms with Gasteiger partial charge in [0.05, 0.1) is 11.7 Å². The number of rotatable bonds is 3. The van der Waals surface area contributed by atoms with E-state index in [2.05, 4.69) is 35.0 Å². The van der Waals surface area contributed by atoms with Gasteiger partial charge in [-0.25, -0.2) is 0 Å². The van der Waals surface area contributed by atoms with Crippen LogP contribution in [-0.2, 0) is 0 Å². The average molecular weight is 278 g/mol. The Kier molecular flexibility index (Phi) is 3.25. The van der Waals surface area contributed by atoms with Crippen molar-refractivity contribution in [2.45, 2.75) is 13.0 Å². The maximum absolute atomic E-state index is 10.8. The SMILES string of the molecule is CC(c1ccc(Br)cc1)n1cccc1C=O. The monoisotopic (exact) mass is 277 g/mol. The van der Waals surface area contributed by atoms with Crippen LogP contribution in [0.25, 0.3) is 0 Å². The summed E-state index contributed by atoms with van der Waals surface area (Å²) < 4.78 is 3.03. The third-order valence-corrected chi connectivity index (χ3v) is 3.23. The molecule has 1 aromatic heterocycles. The first-order chi connectivity index (χ1) is 7.72.